The van der Waals surface area contributed by atoms with Crippen LogP contribution in [0.25, 0.3) is 0 Å². The van der Waals surface area contributed by atoms with Gasteiger partial charge in [-0.3, -0.25) is 4.79 Å². The van der Waals surface area contributed by atoms with E-state index in [2.05, 4.69) is 5.32 Å². The number of hydrogen-bond donors (Lipinski definition) is 1. The number of rotatable bonds is 2. The fourth-order valence-corrected chi connectivity index (χ4v) is 2.20. The van der Waals surface area contributed by atoms with Crippen molar-refractivity contribution >= 4 is 5.97 Å². The minimum Gasteiger partial charge on any atom is -0.454 e. The standard InChI is InChI=1S/C13H15NO4/c15-13(9-3-5-14-6-4-9)18-10-1-2-11-12(7-10)17-8-16-11/h1-2,7,9,14H,3-6,8H2. The molecule has 5 nitrogen and oxygen atoms in total. The van der Waals surface area contributed by atoms with Gasteiger partial charge in [-0.05, 0) is 38.1 Å². The third-order valence-electron chi connectivity index (χ3n) is 3.23. The summed E-state index contributed by atoms with van der Waals surface area (Å²) >= 11 is 0. The van der Waals surface area contributed by atoms with Gasteiger partial charge in [0, 0.05) is 6.07 Å². The molecule has 0 atom stereocenters. The number of nitrogens with one attached hydrogen (secondary N) is 1. The van der Waals surface area contributed by atoms with Gasteiger partial charge in [0.05, 0.1) is 5.92 Å². The average Bonchev–Trinajstić information content (AvgIpc) is 2.87. The van der Waals surface area contributed by atoms with Crippen LogP contribution in [0.4, 0.5) is 0 Å². The molecule has 0 amide bonds. The van der Waals surface area contributed by atoms with E-state index in [0.29, 0.717) is 17.2 Å². The third-order valence-corrected chi connectivity index (χ3v) is 3.23. The van der Waals surface area contributed by atoms with Crippen LogP contribution in [0, 0.1) is 5.92 Å². The van der Waals surface area contributed by atoms with Gasteiger partial charge in [-0.15, -0.1) is 0 Å². The summed E-state index contributed by atoms with van der Waals surface area (Å²) in [6, 6.07) is 5.18. The van der Waals surface area contributed by atoms with Crippen LogP contribution < -0.4 is 19.5 Å². The summed E-state index contributed by atoms with van der Waals surface area (Å²) in [5.74, 6) is 1.68. The lowest BCUT2D eigenvalue weighted by molar-refractivity contribution is -0.139. The van der Waals surface area contributed by atoms with E-state index in [-0.39, 0.29) is 18.7 Å². The number of esters is 1. The second-order valence-electron chi connectivity index (χ2n) is 4.46. The van der Waals surface area contributed by atoms with E-state index < -0.39 is 0 Å². The van der Waals surface area contributed by atoms with E-state index in [1.54, 1.807) is 18.2 Å². The van der Waals surface area contributed by atoms with Crippen LogP contribution in [0.2, 0.25) is 0 Å². The third kappa shape index (κ3) is 2.26. The molecule has 0 saturated carbocycles. The summed E-state index contributed by atoms with van der Waals surface area (Å²) in [5.41, 5.74) is 0. The zero-order valence-corrected chi connectivity index (χ0v) is 9.98. The Balaban J connectivity index is 1.66. The summed E-state index contributed by atoms with van der Waals surface area (Å²) < 4.78 is 15.8. The highest BCUT2D eigenvalue weighted by molar-refractivity contribution is 5.75. The van der Waals surface area contributed by atoms with Crippen LogP contribution in [0.3, 0.4) is 0 Å². The first-order valence-electron chi connectivity index (χ1n) is 6.15. The van der Waals surface area contributed by atoms with Crippen LogP contribution >= 0.6 is 0 Å². The molecule has 18 heavy (non-hydrogen) atoms. The Kier molecular flexibility index (Phi) is 3.06. The predicted octanol–water partition coefficient (Wildman–Crippen LogP) is 1.32. The summed E-state index contributed by atoms with van der Waals surface area (Å²) in [6.07, 6.45) is 1.67. The first-order valence-corrected chi connectivity index (χ1v) is 6.15. The Morgan fingerprint density at radius 3 is 2.83 bits per heavy atom. The first kappa shape index (κ1) is 11.3. The van der Waals surface area contributed by atoms with Crippen molar-refractivity contribution in [2.24, 2.45) is 5.92 Å². The van der Waals surface area contributed by atoms with Gasteiger partial charge in [-0.25, -0.2) is 0 Å². The molecule has 5 heteroatoms. The Bertz CT molecular complexity index is 454. The molecule has 0 aliphatic carbocycles. The van der Waals surface area contributed by atoms with Crippen molar-refractivity contribution < 1.29 is 19.0 Å². The number of hydrogen-bond acceptors (Lipinski definition) is 5. The Hall–Kier alpha value is -1.75. The van der Waals surface area contributed by atoms with Crippen LogP contribution in [-0.2, 0) is 4.79 Å². The SMILES string of the molecule is O=C(Oc1ccc2c(c1)OCO2)C1CCNCC1. The highest BCUT2D eigenvalue weighted by Crippen LogP contribution is 2.35. The number of carbonyl (C=O) groups is 1. The van der Waals surface area contributed by atoms with Gasteiger partial charge < -0.3 is 19.5 Å². The molecule has 0 radical (unpaired) electrons. The molecule has 2 heterocycles. The number of fused-ring (bicyclic) bond motifs is 1. The molecule has 96 valence electrons. The normalized spacial score (nSPS) is 18.7. The van der Waals surface area contributed by atoms with E-state index in [1.807, 2.05) is 0 Å². The van der Waals surface area contributed by atoms with E-state index in [9.17, 15) is 4.79 Å². The fourth-order valence-electron chi connectivity index (χ4n) is 2.20. The predicted molar refractivity (Wildman–Crippen MR) is 63.8 cm³/mol. The van der Waals surface area contributed by atoms with Gasteiger partial charge in [0.25, 0.3) is 0 Å². The first-order chi connectivity index (χ1) is 8.83. The highest BCUT2D eigenvalue weighted by Gasteiger charge is 2.23. The molecular weight excluding hydrogens is 234 g/mol. The summed E-state index contributed by atoms with van der Waals surface area (Å²) in [6.45, 7) is 1.98. The minimum absolute atomic E-state index is 0.00308. The van der Waals surface area contributed by atoms with Gasteiger partial charge in [-0.1, -0.05) is 0 Å². The molecule has 0 spiro atoms. The lowest BCUT2D eigenvalue weighted by atomic mass is 9.98. The minimum atomic E-state index is -0.157. The van der Waals surface area contributed by atoms with E-state index >= 15 is 0 Å². The molecular formula is C13H15NO4. The lowest BCUT2D eigenvalue weighted by Gasteiger charge is -2.20. The van der Waals surface area contributed by atoms with E-state index in [1.165, 1.54) is 0 Å². The molecule has 2 aliphatic heterocycles. The van der Waals surface area contributed by atoms with Gasteiger partial charge in [0.1, 0.15) is 5.75 Å². The van der Waals surface area contributed by atoms with Crippen LogP contribution in [-0.4, -0.2) is 25.9 Å². The van der Waals surface area contributed by atoms with Crippen LogP contribution in [0.5, 0.6) is 17.2 Å². The molecule has 0 unspecified atom stereocenters. The maximum Gasteiger partial charge on any atom is 0.314 e. The quantitative estimate of drug-likeness (QED) is 0.633. The summed E-state index contributed by atoms with van der Waals surface area (Å²) in [4.78, 5) is 11.9. The van der Waals surface area contributed by atoms with Crippen molar-refractivity contribution in [2.45, 2.75) is 12.8 Å². The van der Waals surface area contributed by atoms with Gasteiger partial charge in [0.2, 0.25) is 6.79 Å². The zero-order chi connectivity index (χ0) is 12.4. The van der Waals surface area contributed by atoms with Gasteiger partial charge >= 0.3 is 5.97 Å². The Labute approximate surface area is 105 Å². The Morgan fingerprint density at radius 1 is 1.22 bits per heavy atom. The second kappa shape index (κ2) is 4.86. The Morgan fingerprint density at radius 2 is 2.00 bits per heavy atom. The summed E-state index contributed by atoms with van der Waals surface area (Å²) in [5, 5.41) is 3.22. The lowest BCUT2D eigenvalue weighted by Crippen LogP contribution is -2.33. The highest BCUT2D eigenvalue weighted by atomic mass is 16.7. The summed E-state index contributed by atoms with van der Waals surface area (Å²) in [7, 11) is 0. The fraction of sp³-hybridized carbons (Fsp3) is 0.462. The smallest absolute Gasteiger partial charge is 0.314 e. The van der Waals surface area contributed by atoms with Crippen LogP contribution in [0.15, 0.2) is 18.2 Å². The van der Waals surface area contributed by atoms with Crippen LogP contribution in [0.1, 0.15) is 12.8 Å². The number of benzene rings is 1. The maximum absolute atomic E-state index is 11.9. The molecule has 0 aromatic heterocycles. The molecule has 0 bridgehead atoms. The van der Waals surface area contributed by atoms with Crippen molar-refractivity contribution in [1.29, 1.82) is 0 Å². The van der Waals surface area contributed by atoms with Crippen molar-refractivity contribution in [3.8, 4) is 17.2 Å². The van der Waals surface area contributed by atoms with Crippen molar-refractivity contribution in [3.05, 3.63) is 18.2 Å². The van der Waals surface area contributed by atoms with E-state index in [0.717, 1.165) is 25.9 Å². The number of piperidine rings is 1. The van der Waals surface area contributed by atoms with Gasteiger partial charge in [-0.2, -0.15) is 0 Å². The largest absolute Gasteiger partial charge is 0.454 e. The van der Waals surface area contributed by atoms with Crippen molar-refractivity contribution in [2.75, 3.05) is 19.9 Å². The maximum atomic E-state index is 11.9. The molecule has 1 saturated heterocycles. The van der Waals surface area contributed by atoms with E-state index in [4.69, 9.17) is 14.2 Å². The average molecular weight is 249 g/mol. The molecule has 1 aromatic carbocycles. The second-order valence-corrected chi connectivity index (χ2v) is 4.46. The van der Waals surface area contributed by atoms with Crippen molar-refractivity contribution in [3.63, 3.8) is 0 Å². The zero-order valence-electron chi connectivity index (χ0n) is 9.98. The molecule has 1 aromatic rings. The number of ether oxygens (including phenoxy) is 3. The number of carbonyl (C=O) groups excluding carboxylic acids is 1. The molecule has 3 rings (SSSR count). The van der Waals surface area contributed by atoms with Gasteiger partial charge in [0.15, 0.2) is 11.5 Å². The molecule has 2 aliphatic rings. The van der Waals surface area contributed by atoms with Crippen molar-refractivity contribution in [1.82, 2.24) is 5.32 Å². The topological polar surface area (TPSA) is 56.8 Å². The molecule has 1 N–H and O–H groups in total. The molecule has 1 fully saturated rings. The monoisotopic (exact) mass is 249 g/mol.